The van der Waals surface area contributed by atoms with Gasteiger partial charge in [0.1, 0.15) is 0 Å². The molecule has 1 aromatic heterocycles. The molecule has 2 aliphatic heterocycles. The number of piperidine rings is 1. The number of aliphatic carboxylic acids is 1. The first-order valence-corrected chi connectivity index (χ1v) is 11.9. The van der Waals surface area contributed by atoms with Crippen molar-refractivity contribution in [3.63, 3.8) is 0 Å². The number of nitrogens with zero attached hydrogens (tertiary/aromatic N) is 1. The minimum absolute atomic E-state index is 0.0304. The van der Waals surface area contributed by atoms with E-state index < -0.39 is 12.1 Å². The highest BCUT2D eigenvalue weighted by atomic mass is 32.1. The van der Waals surface area contributed by atoms with Gasteiger partial charge < -0.3 is 15.2 Å². The van der Waals surface area contributed by atoms with Crippen LogP contribution in [0, 0.1) is 13.8 Å². The van der Waals surface area contributed by atoms with E-state index in [0.29, 0.717) is 6.61 Å². The Hall–Kier alpha value is -2.43. The third kappa shape index (κ3) is 7.04. The number of hydrogen-bond acceptors (Lipinski definition) is 5. The Balaban J connectivity index is 0.000000406. The van der Waals surface area contributed by atoms with Crippen molar-refractivity contribution in [1.29, 1.82) is 0 Å². The Bertz CT molecular complexity index is 987. The summed E-state index contributed by atoms with van der Waals surface area (Å²) in [5.41, 5.74) is 4.06. The number of likely N-dealkylation sites (tertiary alicyclic amines) is 1. The van der Waals surface area contributed by atoms with Gasteiger partial charge in [0, 0.05) is 19.6 Å². The molecule has 0 aliphatic carbocycles. The maximum atomic E-state index is 12.3. The number of carbonyl (C=O) groups is 2. The first-order valence-electron chi connectivity index (χ1n) is 11.0. The lowest BCUT2D eigenvalue weighted by Gasteiger charge is -2.38. The highest BCUT2D eigenvalue weighted by Crippen LogP contribution is 2.36. The van der Waals surface area contributed by atoms with Gasteiger partial charge in [-0.3, -0.25) is 9.69 Å². The van der Waals surface area contributed by atoms with E-state index in [1.165, 1.54) is 28.0 Å². The van der Waals surface area contributed by atoms with E-state index >= 15 is 0 Å². The summed E-state index contributed by atoms with van der Waals surface area (Å²) in [6, 6.07) is 10.7. The maximum absolute atomic E-state index is 12.3. The number of amides is 1. The van der Waals surface area contributed by atoms with Gasteiger partial charge in [-0.15, -0.1) is 11.3 Å². The molecule has 1 spiro atoms. The summed E-state index contributed by atoms with van der Waals surface area (Å²) in [6.45, 7) is 8.09. The van der Waals surface area contributed by atoms with E-state index in [9.17, 15) is 18.0 Å². The van der Waals surface area contributed by atoms with Crippen molar-refractivity contribution in [2.75, 3.05) is 19.7 Å². The number of carboxylic acids is 1. The molecule has 2 N–H and O–H groups in total. The quantitative estimate of drug-likeness (QED) is 0.647. The molecule has 1 atom stereocenters. The number of carboxylic acid groups (broad SMARTS) is 1. The zero-order valence-corrected chi connectivity index (χ0v) is 20.0. The van der Waals surface area contributed by atoms with Gasteiger partial charge in [-0.2, -0.15) is 13.2 Å². The molecular weight excluding hydrogens is 469 g/mol. The van der Waals surface area contributed by atoms with Gasteiger partial charge in [-0.25, -0.2) is 4.79 Å². The van der Waals surface area contributed by atoms with Crippen molar-refractivity contribution in [1.82, 2.24) is 10.2 Å². The second-order valence-corrected chi connectivity index (χ2v) is 9.79. The number of ether oxygens (including phenoxy) is 1. The number of thiophene rings is 1. The molecule has 1 aromatic carbocycles. The van der Waals surface area contributed by atoms with Crippen molar-refractivity contribution in [2.45, 2.75) is 57.5 Å². The van der Waals surface area contributed by atoms with Crippen LogP contribution in [0.3, 0.4) is 0 Å². The number of halogens is 3. The first-order chi connectivity index (χ1) is 16.0. The number of alkyl halides is 3. The number of hydrogen-bond donors (Lipinski definition) is 2. The Kier molecular flexibility index (Phi) is 8.38. The number of rotatable bonds is 4. The molecule has 186 valence electrons. The highest BCUT2D eigenvalue weighted by Gasteiger charge is 2.43. The lowest BCUT2D eigenvalue weighted by Crippen LogP contribution is -2.44. The zero-order chi connectivity index (χ0) is 24.9. The third-order valence-corrected chi connectivity index (χ3v) is 7.15. The van der Waals surface area contributed by atoms with Crippen LogP contribution in [-0.4, -0.2) is 59.4 Å². The summed E-state index contributed by atoms with van der Waals surface area (Å²) in [7, 11) is 0. The molecule has 10 heteroatoms. The molecule has 0 radical (unpaired) electrons. The molecule has 3 heterocycles. The monoisotopic (exact) mass is 498 g/mol. The fraction of sp³-hybridized carbons (Fsp3) is 0.500. The van der Waals surface area contributed by atoms with Crippen LogP contribution >= 0.6 is 11.3 Å². The summed E-state index contributed by atoms with van der Waals surface area (Å²) in [6.07, 6.45) is -2.06. The van der Waals surface area contributed by atoms with Gasteiger partial charge in [0.25, 0.3) is 5.91 Å². The van der Waals surface area contributed by atoms with Crippen LogP contribution in [0.2, 0.25) is 0 Å². The van der Waals surface area contributed by atoms with Crippen LogP contribution in [0.25, 0.3) is 0 Å². The molecule has 1 amide bonds. The Morgan fingerprint density at radius 2 is 1.88 bits per heavy atom. The third-order valence-electron chi connectivity index (χ3n) is 6.28. The van der Waals surface area contributed by atoms with Crippen molar-refractivity contribution in [3.05, 3.63) is 57.3 Å². The predicted octanol–water partition coefficient (Wildman–Crippen LogP) is 4.55. The van der Waals surface area contributed by atoms with Gasteiger partial charge in [-0.1, -0.05) is 24.3 Å². The van der Waals surface area contributed by atoms with Crippen LogP contribution < -0.4 is 5.32 Å². The van der Waals surface area contributed by atoms with E-state index in [2.05, 4.69) is 42.3 Å². The van der Waals surface area contributed by atoms with Crippen molar-refractivity contribution < 1.29 is 32.6 Å². The van der Waals surface area contributed by atoms with Crippen LogP contribution in [0.4, 0.5) is 13.2 Å². The molecule has 2 saturated heterocycles. The molecule has 4 rings (SSSR count). The van der Waals surface area contributed by atoms with Gasteiger partial charge in [0.2, 0.25) is 0 Å². The van der Waals surface area contributed by atoms with E-state index in [0.717, 1.165) is 43.8 Å². The molecular formula is C24H29F3N2O4S. The molecule has 2 aliphatic rings. The Morgan fingerprint density at radius 3 is 2.44 bits per heavy atom. The number of nitrogens with one attached hydrogen (secondary N) is 1. The zero-order valence-electron chi connectivity index (χ0n) is 19.2. The summed E-state index contributed by atoms with van der Waals surface area (Å²) in [5, 5.41) is 12.2. The molecule has 34 heavy (non-hydrogen) atoms. The second-order valence-electron chi connectivity index (χ2n) is 8.84. The smallest absolute Gasteiger partial charge is 0.475 e. The summed E-state index contributed by atoms with van der Waals surface area (Å²) in [4.78, 5) is 24.5. The lowest BCUT2D eigenvalue weighted by atomic mass is 9.87. The largest absolute Gasteiger partial charge is 0.490 e. The second kappa shape index (κ2) is 10.9. The van der Waals surface area contributed by atoms with Crippen LogP contribution in [0.5, 0.6) is 0 Å². The average molecular weight is 499 g/mol. The topological polar surface area (TPSA) is 78.9 Å². The van der Waals surface area contributed by atoms with Gasteiger partial charge >= 0.3 is 12.1 Å². The number of aryl methyl sites for hydroxylation is 2. The SMILES string of the molecule is Cc1ccc(CN2CCC3(CC2)CC(NC(=O)c2cccs2)CO3)cc1C.O=C(O)C(F)(F)F. The molecule has 6 nitrogen and oxygen atoms in total. The van der Waals surface area contributed by atoms with Crippen molar-refractivity contribution in [3.8, 4) is 0 Å². The average Bonchev–Trinajstić information content (AvgIpc) is 3.43. The number of benzene rings is 1. The molecule has 0 bridgehead atoms. The summed E-state index contributed by atoms with van der Waals surface area (Å²) in [5.74, 6) is -2.73. The maximum Gasteiger partial charge on any atom is 0.490 e. The van der Waals surface area contributed by atoms with Gasteiger partial charge in [0.15, 0.2) is 0 Å². The van der Waals surface area contributed by atoms with Gasteiger partial charge in [0.05, 0.1) is 23.1 Å². The minimum atomic E-state index is -5.08. The molecule has 2 aromatic rings. The fourth-order valence-electron chi connectivity index (χ4n) is 4.23. The van der Waals surface area contributed by atoms with E-state index in [1.807, 2.05) is 17.5 Å². The summed E-state index contributed by atoms with van der Waals surface area (Å²) < 4.78 is 37.9. The Labute approximate surface area is 200 Å². The molecule has 0 saturated carbocycles. The minimum Gasteiger partial charge on any atom is -0.475 e. The highest BCUT2D eigenvalue weighted by molar-refractivity contribution is 7.12. The van der Waals surface area contributed by atoms with Crippen molar-refractivity contribution >= 4 is 23.2 Å². The summed E-state index contributed by atoms with van der Waals surface area (Å²) >= 11 is 1.48. The standard InChI is InChI=1S/C22H28N2O2S.C2HF3O2/c1-16-5-6-18(12-17(16)2)14-24-9-7-22(8-10-24)13-19(15-26-22)23-21(25)20-4-3-11-27-20;3-2(4,5)1(6)7/h3-6,11-12,19H,7-10,13-15H2,1-2H3,(H,23,25);(H,6,7). The normalized spacial score (nSPS) is 20.0. The van der Waals surface area contributed by atoms with E-state index in [4.69, 9.17) is 14.6 Å². The first kappa shape index (κ1) is 26.2. The molecule has 1 unspecified atom stereocenters. The van der Waals surface area contributed by atoms with Crippen LogP contribution in [0.15, 0.2) is 35.7 Å². The fourth-order valence-corrected chi connectivity index (χ4v) is 4.86. The van der Waals surface area contributed by atoms with E-state index in [1.54, 1.807) is 0 Å². The van der Waals surface area contributed by atoms with E-state index in [-0.39, 0.29) is 17.6 Å². The lowest BCUT2D eigenvalue weighted by molar-refractivity contribution is -0.192. The van der Waals surface area contributed by atoms with Gasteiger partial charge in [-0.05, 0) is 61.2 Å². The predicted molar refractivity (Wildman–Crippen MR) is 123 cm³/mol. The van der Waals surface area contributed by atoms with Crippen LogP contribution in [0.1, 0.15) is 45.6 Å². The van der Waals surface area contributed by atoms with Crippen molar-refractivity contribution in [2.24, 2.45) is 0 Å². The molecule has 2 fully saturated rings. The Morgan fingerprint density at radius 1 is 1.21 bits per heavy atom. The number of carbonyl (C=O) groups excluding carboxylic acids is 1. The van der Waals surface area contributed by atoms with Crippen LogP contribution in [-0.2, 0) is 16.1 Å².